The van der Waals surface area contributed by atoms with E-state index in [0.717, 1.165) is 4.88 Å². The molecule has 0 bridgehead atoms. The number of piperazine rings is 1. The van der Waals surface area contributed by atoms with Gasteiger partial charge in [0.1, 0.15) is 5.82 Å². The molecule has 4 nitrogen and oxygen atoms in total. The summed E-state index contributed by atoms with van der Waals surface area (Å²) in [5.74, 6) is -0.454. The van der Waals surface area contributed by atoms with Crippen molar-refractivity contribution in [3.63, 3.8) is 0 Å². The van der Waals surface area contributed by atoms with Crippen molar-refractivity contribution in [3.8, 4) is 0 Å². The number of hydrogen-bond acceptors (Lipinski definition) is 3. The van der Waals surface area contributed by atoms with Crippen molar-refractivity contribution in [1.82, 2.24) is 9.80 Å². The highest BCUT2D eigenvalue weighted by Gasteiger charge is 2.25. The van der Waals surface area contributed by atoms with E-state index in [1.54, 1.807) is 15.9 Å². The average molecular weight is 367 g/mol. The highest BCUT2D eigenvalue weighted by molar-refractivity contribution is 7.16. The summed E-state index contributed by atoms with van der Waals surface area (Å²) < 4.78 is 13.6. The van der Waals surface area contributed by atoms with Crippen LogP contribution >= 0.6 is 22.9 Å². The molecule has 3 rings (SSSR count). The Hall–Kier alpha value is -1.92. The highest BCUT2D eigenvalue weighted by atomic mass is 35.5. The van der Waals surface area contributed by atoms with Crippen LogP contribution < -0.4 is 0 Å². The van der Waals surface area contributed by atoms with E-state index in [-0.39, 0.29) is 17.6 Å². The van der Waals surface area contributed by atoms with E-state index in [1.807, 2.05) is 6.07 Å². The number of amides is 2. The molecule has 1 aromatic carbocycles. The summed E-state index contributed by atoms with van der Waals surface area (Å²) in [6.45, 7) is 1.97. The van der Waals surface area contributed by atoms with Crippen molar-refractivity contribution in [3.05, 3.63) is 57.0 Å². The molecule has 2 amide bonds. The molecule has 1 aliphatic heterocycles. The molecule has 2 heterocycles. The lowest BCUT2D eigenvalue weighted by molar-refractivity contribution is -0.131. The second-order valence-electron chi connectivity index (χ2n) is 5.56. The molecule has 0 atom stereocenters. The number of hydrogen-bond donors (Lipinski definition) is 0. The number of carbonyl (C=O) groups excluding carboxylic acids is 2. The Morgan fingerprint density at radius 2 is 1.62 bits per heavy atom. The number of thiophene rings is 1. The third-order valence-corrected chi connectivity index (χ3v) is 5.20. The van der Waals surface area contributed by atoms with Gasteiger partial charge in [0.05, 0.1) is 10.8 Å². The molecule has 1 fully saturated rings. The molecule has 0 aliphatic carbocycles. The normalized spacial score (nSPS) is 14.8. The molecule has 1 saturated heterocycles. The van der Waals surface area contributed by atoms with Crippen LogP contribution in [0.4, 0.5) is 4.39 Å². The van der Waals surface area contributed by atoms with Crippen LogP contribution in [-0.4, -0.2) is 47.8 Å². The van der Waals surface area contributed by atoms with Gasteiger partial charge < -0.3 is 9.80 Å². The van der Waals surface area contributed by atoms with E-state index in [2.05, 4.69) is 0 Å². The van der Waals surface area contributed by atoms with Crippen LogP contribution in [0, 0.1) is 5.82 Å². The summed E-state index contributed by atoms with van der Waals surface area (Å²) in [5, 5.41) is 0. The molecular formula is C17H16ClFN2O2S. The molecule has 1 aromatic heterocycles. The van der Waals surface area contributed by atoms with Crippen LogP contribution in [0.1, 0.15) is 15.2 Å². The van der Waals surface area contributed by atoms with E-state index in [0.29, 0.717) is 42.5 Å². The Kier molecular flexibility index (Phi) is 5.16. The molecule has 0 N–H and O–H groups in total. The Bertz CT molecular complexity index is 739. The molecule has 24 heavy (non-hydrogen) atoms. The molecule has 0 unspecified atom stereocenters. The number of nitrogens with zero attached hydrogens (tertiary/aromatic N) is 2. The quantitative estimate of drug-likeness (QED) is 0.837. The average Bonchev–Trinajstić information content (AvgIpc) is 3.00. The monoisotopic (exact) mass is 366 g/mol. The standard InChI is InChI=1S/C17H16ClFN2O2S/c18-15-6-5-14(24-15)11-16(22)20-7-9-21(10-8-20)17(23)12-1-3-13(19)4-2-12/h1-6H,7-11H2. The minimum absolute atomic E-state index is 0.0439. The summed E-state index contributed by atoms with van der Waals surface area (Å²) in [5.41, 5.74) is 0.462. The van der Waals surface area contributed by atoms with Crippen molar-refractivity contribution in [2.75, 3.05) is 26.2 Å². The molecule has 126 valence electrons. The Balaban J connectivity index is 1.54. The zero-order valence-electron chi connectivity index (χ0n) is 12.9. The maximum absolute atomic E-state index is 12.9. The fraction of sp³-hybridized carbons (Fsp3) is 0.294. The van der Waals surface area contributed by atoms with Crippen molar-refractivity contribution in [2.24, 2.45) is 0 Å². The summed E-state index contributed by atoms with van der Waals surface area (Å²) in [4.78, 5) is 29.1. The second-order valence-corrected chi connectivity index (χ2v) is 7.36. The van der Waals surface area contributed by atoms with Gasteiger partial charge in [-0.15, -0.1) is 11.3 Å². The zero-order valence-corrected chi connectivity index (χ0v) is 14.4. The maximum Gasteiger partial charge on any atom is 0.253 e. The first-order chi connectivity index (χ1) is 11.5. The van der Waals surface area contributed by atoms with Crippen LogP contribution in [0.3, 0.4) is 0 Å². The highest BCUT2D eigenvalue weighted by Crippen LogP contribution is 2.22. The number of halogens is 2. The lowest BCUT2D eigenvalue weighted by Gasteiger charge is -2.34. The van der Waals surface area contributed by atoms with Gasteiger partial charge in [-0.25, -0.2) is 4.39 Å². The lowest BCUT2D eigenvalue weighted by Crippen LogP contribution is -2.50. The third-order valence-electron chi connectivity index (χ3n) is 3.97. The van der Waals surface area contributed by atoms with E-state index in [1.165, 1.54) is 35.6 Å². The van der Waals surface area contributed by atoms with E-state index >= 15 is 0 Å². The predicted octanol–water partition coefficient (Wildman–Crippen LogP) is 3.07. The largest absolute Gasteiger partial charge is 0.339 e. The number of benzene rings is 1. The first-order valence-electron chi connectivity index (χ1n) is 7.60. The molecular weight excluding hydrogens is 351 g/mol. The number of rotatable bonds is 3. The third kappa shape index (κ3) is 3.94. The fourth-order valence-electron chi connectivity index (χ4n) is 2.64. The van der Waals surface area contributed by atoms with Gasteiger partial charge in [-0.1, -0.05) is 11.6 Å². The van der Waals surface area contributed by atoms with Gasteiger partial charge in [0.15, 0.2) is 0 Å². The minimum Gasteiger partial charge on any atom is -0.339 e. The summed E-state index contributed by atoms with van der Waals surface area (Å²) in [6, 6.07) is 9.16. The lowest BCUT2D eigenvalue weighted by atomic mass is 10.1. The van der Waals surface area contributed by atoms with Crippen molar-refractivity contribution in [2.45, 2.75) is 6.42 Å². The molecule has 7 heteroatoms. The van der Waals surface area contributed by atoms with Crippen LogP contribution in [0.15, 0.2) is 36.4 Å². The van der Waals surface area contributed by atoms with Crippen LogP contribution in [-0.2, 0) is 11.2 Å². The topological polar surface area (TPSA) is 40.6 Å². The first-order valence-corrected chi connectivity index (χ1v) is 8.79. The van der Waals surface area contributed by atoms with E-state index in [4.69, 9.17) is 11.6 Å². The molecule has 1 aliphatic rings. The minimum atomic E-state index is -0.365. The summed E-state index contributed by atoms with van der Waals surface area (Å²) in [7, 11) is 0. The molecule has 0 spiro atoms. The van der Waals surface area contributed by atoms with Crippen LogP contribution in [0.25, 0.3) is 0 Å². The first kappa shape index (κ1) is 16.9. The maximum atomic E-state index is 12.9. The second kappa shape index (κ2) is 7.32. The van der Waals surface area contributed by atoms with Gasteiger partial charge in [-0.05, 0) is 36.4 Å². The van der Waals surface area contributed by atoms with Crippen LogP contribution in [0.2, 0.25) is 4.34 Å². The van der Waals surface area contributed by atoms with Gasteiger partial charge in [-0.3, -0.25) is 9.59 Å². The van der Waals surface area contributed by atoms with Gasteiger partial charge in [0.2, 0.25) is 5.91 Å². The Morgan fingerprint density at radius 1 is 1.00 bits per heavy atom. The van der Waals surface area contributed by atoms with Gasteiger partial charge >= 0.3 is 0 Å². The van der Waals surface area contributed by atoms with Gasteiger partial charge in [-0.2, -0.15) is 0 Å². The number of carbonyl (C=O) groups is 2. The van der Waals surface area contributed by atoms with Crippen molar-refractivity contribution < 1.29 is 14.0 Å². The summed E-state index contributed by atoms with van der Waals surface area (Å²) in [6.07, 6.45) is 0.337. The molecule has 0 saturated carbocycles. The van der Waals surface area contributed by atoms with E-state index < -0.39 is 0 Å². The Labute approximate surface area is 148 Å². The fourth-order valence-corrected chi connectivity index (χ4v) is 3.72. The Morgan fingerprint density at radius 3 is 2.21 bits per heavy atom. The zero-order chi connectivity index (χ0) is 17.1. The van der Waals surface area contributed by atoms with E-state index in [9.17, 15) is 14.0 Å². The van der Waals surface area contributed by atoms with Crippen molar-refractivity contribution >= 4 is 34.8 Å². The van der Waals surface area contributed by atoms with Crippen LogP contribution in [0.5, 0.6) is 0 Å². The molecule has 2 aromatic rings. The van der Waals surface area contributed by atoms with Crippen molar-refractivity contribution in [1.29, 1.82) is 0 Å². The van der Waals surface area contributed by atoms with Gasteiger partial charge in [0, 0.05) is 36.6 Å². The summed E-state index contributed by atoms with van der Waals surface area (Å²) >= 11 is 7.28. The predicted molar refractivity (Wildman–Crippen MR) is 91.9 cm³/mol. The van der Waals surface area contributed by atoms with Gasteiger partial charge in [0.25, 0.3) is 5.91 Å². The molecule has 0 radical (unpaired) electrons. The smallest absolute Gasteiger partial charge is 0.253 e. The SMILES string of the molecule is O=C(Cc1ccc(Cl)s1)N1CCN(C(=O)c2ccc(F)cc2)CC1.